The first-order valence-corrected chi connectivity index (χ1v) is 10.5. The fourth-order valence-corrected chi connectivity index (χ4v) is 4.21. The summed E-state index contributed by atoms with van der Waals surface area (Å²) in [6.45, 7) is -0.537. The summed E-state index contributed by atoms with van der Waals surface area (Å²) < 4.78 is 19.1. The summed E-state index contributed by atoms with van der Waals surface area (Å²) in [7, 11) is 0. The lowest BCUT2D eigenvalue weighted by Crippen LogP contribution is -2.31. The molecule has 7 heteroatoms. The number of pyridine rings is 1. The number of carbonyl (C=O) groups is 2. The number of amides is 1. The van der Waals surface area contributed by atoms with Gasteiger partial charge in [-0.1, -0.05) is 36.4 Å². The predicted octanol–water partition coefficient (Wildman–Crippen LogP) is 4.29. The number of aromatic nitrogens is 1. The first-order chi connectivity index (χ1) is 16.0. The SMILES string of the molecule is O=C(OCC(=O)N1c2ccccc2CCc2ccccc21)c1cc(=O)[nH]c2ccc(F)cc12. The third-order valence-corrected chi connectivity index (χ3v) is 5.73. The number of rotatable bonds is 3. The molecule has 3 aromatic carbocycles. The van der Waals surface area contributed by atoms with E-state index in [0.717, 1.165) is 47.5 Å². The molecule has 1 amide bonds. The van der Waals surface area contributed by atoms with Crippen LogP contribution in [0.2, 0.25) is 0 Å². The van der Waals surface area contributed by atoms with Crippen LogP contribution in [0.4, 0.5) is 15.8 Å². The molecule has 164 valence electrons. The van der Waals surface area contributed by atoms with E-state index < -0.39 is 29.9 Å². The molecule has 0 fully saturated rings. The highest BCUT2D eigenvalue weighted by atomic mass is 19.1. The van der Waals surface area contributed by atoms with Crippen LogP contribution in [0.5, 0.6) is 0 Å². The summed E-state index contributed by atoms with van der Waals surface area (Å²) >= 11 is 0. The number of ether oxygens (including phenoxy) is 1. The van der Waals surface area contributed by atoms with E-state index in [1.807, 2.05) is 48.5 Å². The van der Waals surface area contributed by atoms with Crippen LogP contribution in [-0.2, 0) is 22.4 Å². The van der Waals surface area contributed by atoms with Crippen LogP contribution >= 0.6 is 0 Å². The van der Waals surface area contributed by atoms with Crippen molar-refractivity contribution in [2.75, 3.05) is 11.5 Å². The average Bonchev–Trinajstić information content (AvgIpc) is 2.99. The Morgan fingerprint density at radius 2 is 1.55 bits per heavy atom. The first-order valence-electron chi connectivity index (χ1n) is 10.5. The summed E-state index contributed by atoms with van der Waals surface area (Å²) in [6.07, 6.45) is 1.56. The van der Waals surface area contributed by atoms with Crippen molar-refractivity contribution in [1.82, 2.24) is 4.98 Å². The van der Waals surface area contributed by atoms with Crippen molar-refractivity contribution in [1.29, 1.82) is 0 Å². The second kappa shape index (κ2) is 8.35. The number of fused-ring (bicyclic) bond motifs is 3. The number of esters is 1. The Bertz CT molecular complexity index is 1410. The Hall–Kier alpha value is -4.26. The number of hydrogen-bond donors (Lipinski definition) is 1. The largest absolute Gasteiger partial charge is 0.452 e. The molecule has 1 aromatic heterocycles. The minimum Gasteiger partial charge on any atom is -0.452 e. The molecule has 2 heterocycles. The highest BCUT2D eigenvalue weighted by Gasteiger charge is 2.26. The smallest absolute Gasteiger partial charge is 0.339 e. The fraction of sp³-hybridized carbons (Fsp3) is 0.115. The Morgan fingerprint density at radius 1 is 0.909 bits per heavy atom. The normalized spacial score (nSPS) is 12.6. The van der Waals surface area contributed by atoms with Crippen LogP contribution < -0.4 is 10.5 Å². The van der Waals surface area contributed by atoms with E-state index in [2.05, 4.69) is 4.98 Å². The average molecular weight is 442 g/mol. The van der Waals surface area contributed by atoms with E-state index in [1.54, 1.807) is 4.90 Å². The fourth-order valence-electron chi connectivity index (χ4n) is 4.21. The summed E-state index contributed by atoms with van der Waals surface area (Å²) in [5.74, 6) is -1.86. The lowest BCUT2D eigenvalue weighted by molar-refractivity contribution is -0.120. The number of halogens is 1. The van der Waals surface area contributed by atoms with Crippen molar-refractivity contribution in [3.63, 3.8) is 0 Å². The maximum absolute atomic E-state index is 13.8. The molecule has 0 atom stereocenters. The zero-order chi connectivity index (χ0) is 22.9. The van der Waals surface area contributed by atoms with Gasteiger partial charge >= 0.3 is 5.97 Å². The number of benzene rings is 3. The number of H-pyrrole nitrogens is 1. The summed E-state index contributed by atoms with van der Waals surface area (Å²) in [6, 6.07) is 20.0. The van der Waals surface area contributed by atoms with Gasteiger partial charge in [0.2, 0.25) is 5.56 Å². The minimum absolute atomic E-state index is 0.0993. The molecule has 0 saturated carbocycles. The molecule has 0 spiro atoms. The quantitative estimate of drug-likeness (QED) is 0.480. The molecule has 0 radical (unpaired) electrons. The molecule has 0 aliphatic carbocycles. The van der Waals surface area contributed by atoms with Gasteiger partial charge in [-0.2, -0.15) is 0 Å². The van der Waals surface area contributed by atoms with Gasteiger partial charge in [0.05, 0.1) is 16.9 Å². The van der Waals surface area contributed by atoms with Crippen molar-refractivity contribution in [2.45, 2.75) is 12.8 Å². The highest BCUT2D eigenvalue weighted by Crippen LogP contribution is 2.36. The van der Waals surface area contributed by atoms with Gasteiger partial charge in [0.25, 0.3) is 5.91 Å². The Balaban J connectivity index is 1.46. The van der Waals surface area contributed by atoms with Crippen molar-refractivity contribution >= 4 is 34.2 Å². The van der Waals surface area contributed by atoms with E-state index in [4.69, 9.17) is 4.74 Å². The molecule has 1 N–H and O–H groups in total. The molecule has 4 aromatic rings. The van der Waals surface area contributed by atoms with Gasteiger partial charge in [-0.3, -0.25) is 14.5 Å². The minimum atomic E-state index is -0.874. The molecule has 0 unspecified atom stereocenters. The summed E-state index contributed by atoms with van der Waals surface area (Å²) in [5.41, 5.74) is 3.20. The van der Waals surface area contributed by atoms with Crippen LogP contribution in [0.1, 0.15) is 21.5 Å². The van der Waals surface area contributed by atoms with Crippen molar-refractivity contribution in [3.8, 4) is 0 Å². The topological polar surface area (TPSA) is 79.5 Å². The van der Waals surface area contributed by atoms with Crippen molar-refractivity contribution < 1.29 is 18.7 Å². The Kier molecular flexibility index (Phi) is 5.22. The van der Waals surface area contributed by atoms with Gasteiger partial charge in [0.1, 0.15) is 5.82 Å². The van der Waals surface area contributed by atoms with Crippen LogP contribution in [-0.4, -0.2) is 23.5 Å². The molecular formula is C26H19FN2O4. The molecule has 33 heavy (non-hydrogen) atoms. The lowest BCUT2D eigenvalue weighted by atomic mass is 10.0. The van der Waals surface area contributed by atoms with E-state index in [1.165, 1.54) is 12.1 Å². The number of aromatic amines is 1. The van der Waals surface area contributed by atoms with E-state index in [9.17, 15) is 18.8 Å². The molecule has 0 saturated heterocycles. The number of hydrogen-bond acceptors (Lipinski definition) is 4. The Morgan fingerprint density at radius 3 is 2.21 bits per heavy atom. The maximum atomic E-state index is 13.8. The van der Waals surface area contributed by atoms with Gasteiger partial charge in [-0.25, -0.2) is 9.18 Å². The number of anilines is 2. The van der Waals surface area contributed by atoms with Crippen molar-refractivity contribution in [2.24, 2.45) is 0 Å². The van der Waals surface area contributed by atoms with E-state index in [0.29, 0.717) is 5.52 Å². The summed E-state index contributed by atoms with van der Waals surface area (Å²) in [4.78, 5) is 42.2. The zero-order valence-corrected chi connectivity index (χ0v) is 17.5. The zero-order valence-electron chi connectivity index (χ0n) is 17.5. The monoisotopic (exact) mass is 442 g/mol. The van der Waals surface area contributed by atoms with E-state index in [-0.39, 0.29) is 10.9 Å². The van der Waals surface area contributed by atoms with Crippen molar-refractivity contribution in [3.05, 3.63) is 106 Å². The molecular weight excluding hydrogens is 423 g/mol. The number of aryl methyl sites for hydroxylation is 2. The molecule has 1 aliphatic heterocycles. The number of para-hydroxylation sites is 2. The Labute approximate surface area is 188 Å². The third kappa shape index (κ3) is 3.89. The van der Waals surface area contributed by atoms with Crippen LogP contribution in [0.3, 0.4) is 0 Å². The maximum Gasteiger partial charge on any atom is 0.339 e. The van der Waals surface area contributed by atoms with Gasteiger partial charge in [-0.05, 0) is 54.3 Å². The second-order valence-electron chi connectivity index (χ2n) is 7.80. The summed E-state index contributed by atoms with van der Waals surface area (Å²) in [5, 5.41) is 0.206. The molecule has 1 aliphatic rings. The van der Waals surface area contributed by atoms with Crippen LogP contribution in [0.25, 0.3) is 10.9 Å². The first kappa shape index (κ1) is 20.6. The third-order valence-electron chi connectivity index (χ3n) is 5.73. The van der Waals surface area contributed by atoms with E-state index >= 15 is 0 Å². The predicted molar refractivity (Wildman–Crippen MR) is 122 cm³/mol. The number of nitrogens with one attached hydrogen (secondary N) is 1. The van der Waals surface area contributed by atoms with Gasteiger partial charge in [0.15, 0.2) is 6.61 Å². The van der Waals surface area contributed by atoms with Crippen LogP contribution in [0, 0.1) is 5.82 Å². The molecule has 5 rings (SSSR count). The highest BCUT2D eigenvalue weighted by molar-refractivity contribution is 6.06. The lowest BCUT2D eigenvalue weighted by Gasteiger charge is -2.24. The number of nitrogens with zero attached hydrogens (tertiary/aromatic N) is 1. The van der Waals surface area contributed by atoms with Gasteiger partial charge in [-0.15, -0.1) is 0 Å². The molecule has 6 nitrogen and oxygen atoms in total. The standard InChI is InChI=1S/C26H19FN2O4/c27-18-11-12-21-19(13-18)20(14-24(30)28-21)26(32)33-15-25(31)29-22-7-3-1-5-16(22)9-10-17-6-2-4-8-23(17)29/h1-8,11-14H,9-10,15H2,(H,28,30). The second-order valence-corrected chi connectivity index (χ2v) is 7.80. The van der Waals surface area contributed by atoms with Gasteiger partial charge < -0.3 is 9.72 Å². The van der Waals surface area contributed by atoms with Gasteiger partial charge in [0, 0.05) is 17.0 Å². The van der Waals surface area contributed by atoms with Crippen LogP contribution in [0.15, 0.2) is 77.6 Å². The molecule has 0 bridgehead atoms. The number of carbonyl (C=O) groups excluding carboxylic acids is 2.